The number of anilines is 1. The standard InChI is InChI=1S/C14H14N6OS/c1-20(2)14-15-6-5-10(17-14)8-16-13(21)9-3-4-11-12(7-9)19-22-18-11/h3-7H,8H2,1-2H3,(H,16,21). The van der Waals surface area contributed by atoms with Gasteiger partial charge in [-0.2, -0.15) is 8.75 Å². The number of hydrogen-bond acceptors (Lipinski definition) is 7. The number of nitrogens with one attached hydrogen (secondary N) is 1. The smallest absolute Gasteiger partial charge is 0.251 e. The van der Waals surface area contributed by atoms with Crippen LogP contribution < -0.4 is 10.2 Å². The van der Waals surface area contributed by atoms with Crippen LogP contribution in [0.15, 0.2) is 30.5 Å². The summed E-state index contributed by atoms with van der Waals surface area (Å²) in [5, 5.41) is 2.85. The van der Waals surface area contributed by atoms with Crippen molar-refractivity contribution in [2.45, 2.75) is 6.54 Å². The van der Waals surface area contributed by atoms with E-state index in [4.69, 9.17) is 0 Å². The van der Waals surface area contributed by atoms with Gasteiger partial charge in [0, 0.05) is 25.9 Å². The van der Waals surface area contributed by atoms with Crippen LogP contribution in [0.1, 0.15) is 16.1 Å². The van der Waals surface area contributed by atoms with Gasteiger partial charge in [-0.3, -0.25) is 4.79 Å². The number of carbonyl (C=O) groups is 1. The van der Waals surface area contributed by atoms with Crippen LogP contribution in [0.2, 0.25) is 0 Å². The zero-order valence-electron chi connectivity index (χ0n) is 12.1. The predicted molar refractivity (Wildman–Crippen MR) is 84.9 cm³/mol. The van der Waals surface area contributed by atoms with E-state index in [1.165, 1.54) is 0 Å². The summed E-state index contributed by atoms with van der Waals surface area (Å²) in [6, 6.07) is 7.05. The van der Waals surface area contributed by atoms with E-state index >= 15 is 0 Å². The molecular weight excluding hydrogens is 300 g/mol. The molecule has 22 heavy (non-hydrogen) atoms. The zero-order chi connectivity index (χ0) is 15.5. The molecule has 8 heteroatoms. The van der Waals surface area contributed by atoms with E-state index in [2.05, 4.69) is 24.0 Å². The lowest BCUT2D eigenvalue weighted by molar-refractivity contribution is 0.0950. The molecule has 0 aliphatic heterocycles. The number of amides is 1. The highest BCUT2D eigenvalue weighted by atomic mass is 32.1. The Morgan fingerprint density at radius 2 is 2.05 bits per heavy atom. The van der Waals surface area contributed by atoms with Crippen molar-refractivity contribution in [1.82, 2.24) is 24.0 Å². The second kappa shape index (κ2) is 6.02. The second-order valence-corrected chi connectivity index (χ2v) is 5.42. The first kappa shape index (κ1) is 14.3. The minimum absolute atomic E-state index is 0.167. The Labute approximate surface area is 131 Å². The van der Waals surface area contributed by atoms with Crippen LogP contribution in [0.25, 0.3) is 11.0 Å². The molecule has 1 aromatic carbocycles. The maximum absolute atomic E-state index is 12.2. The van der Waals surface area contributed by atoms with Crippen LogP contribution in [-0.4, -0.2) is 38.7 Å². The Morgan fingerprint density at radius 1 is 1.23 bits per heavy atom. The summed E-state index contributed by atoms with van der Waals surface area (Å²) in [4.78, 5) is 22.5. The Hall–Kier alpha value is -2.61. The molecule has 0 saturated carbocycles. The lowest BCUT2D eigenvalue weighted by Crippen LogP contribution is -2.24. The molecule has 112 valence electrons. The van der Waals surface area contributed by atoms with Crippen LogP contribution in [0, 0.1) is 0 Å². The van der Waals surface area contributed by atoms with Crippen molar-refractivity contribution in [3.8, 4) is 0 Å². The van der Waals surface area contributed by atoms with Gasteiger partial charge >= 0.3 is 0 Å². The van der Waals surface area contributed by atoms with Crippen molar-refractivity contribution in [2.75, 3.05) is 19.0 Å². The first-order chi connectivity index (χ1) is 10.6. The molecule has 0 unspecified atom stereocenters. The van der Waals surface area contributed by atoms with Gasteiger partial charge in [-0.1, -0.05) is 0 Å². The molecule has 0 aliphatic carbocycles. The summed E-state index contributed by atoms with van der Waals surface area (Å²) < 4.78 is 8.25. The van der Waals surface area contributed by atoms with Crippen molar-refractivity contribution < 1.29 is 4.79 Å². The number of fused-ring (bicyclic) bond motifs is 1. The summed E-state index contributed by atoms with van der Waals surface area (Å²) >= 11 is 1.13. The van der Waals surface area contributed by atoms with E-state index in [0.29, 0.717) is 18.1 Å². The minimum Gasteiger partial charge on any atom is -0.347 e. The molecule has 2 heterocycles. The quantitative estimate of drug-likeness (QED) is 0.785. The van der Waals surface area contributed by atoms with Crippen LogP contribution in [0.4, 0.5) is 5.95 Å². The molecule has 3 rings (SSSR count). The highest BCUT2D eigenvalue weighted by Gasteiger charge is 2.09. The maximum atomic E-state index is 12.2. The number of rotatable bonds is 4. The first-order valence-electron chi connectivity index (χ1n) is 6.63. The summed E-state index contributed by atoms with van der Waals surface area (Å²) in [6.45, 7) is 0.343. The zero-order valence-corrected chi connectivity index (χ0v) is 13.0. The third-order valence-corrected chi connectivity index (χ3v) is 3.60. The molecule has 1 amide bonds. The Morgan fingerprint density at radius 3 is 2.86 bits per heavy atom. The van der Waals surface area contributed by atoms with Gasteiger partial charge in [0.1, 0.15) is 11.0 Å². The summed E-state index contributed by atoms with van der Waals surface area (Å²) in [5.41, 5.74) is 2.84. The monoisotopic (exact) mass is 314 g/mol. The maximum Gasteiger partial charge on any atom is 0.251 e. The normalized spacial score (nSPS) is 10.6. The molecular formula is C14H14N6OS. The van der Waals surface area contributed by atoms with Crippen LogP contribution >= 0.6 is 11.7 Å². The van der Waals surface area contributed by atoms with Crippen LogP contribution in [-0.2, 0) is 6.54 Å². The molecule has 0 fully saturated rings. The number of carbonyl (C=O) groups excluding carboxylic acids is 1. The number of aromatic nitrogens is 4. The van der Waals surface area contributed by atoms with Gasteiger partial charge in [0.2, 0.25) is 5.95 Å². The van der Waals surface area contributed by atoms with Gasteiger partial charge in [-0.15, -0.1) is 0 Å². The molecule has 0 aliphatic rings. The number of nitrogens with zero attached hydrogens (tertiary/aromatic N) is 5. The molecule has 7 nitrogen and oxygen atoms in total. The summed E-state index contributed by atoms with van der Waals surface area (Å²) in [6.07, 6.45) is 1.68. The van der Waals surface area contributed by atoms with Gasteiger partial charge in [0.05, 0.1) is 24.0 Å². The van der Waals surface area contributed by atoms with Gasteiger partial charge < -0.3 is 10.2 Å². The fourth-order valence-electron chi connectivity index (χ4n) is 1.89. The molecule has 0 atom stereocenters. The molecule has 0 bridgehead atoms. The van der Waals surface area contributed by atoms with E-state index in [1.54, 1.807) is 30.5 Å². The van der Waals surface area contributed by atoms with E-state index < -0.39 is 0 Å². The van der Waals surface area contributed by atoms with E-state index in [1.807, 2.05) is 19.0 Å². The molecule has 1 N–H and O–H groups in total. The Balaban J connectivity index is 1.70. The molecule has 0 radical (unpaired) electrons. The van der Waals surface area contributed by atoms with Crippen molar-refractivity contribution in [3.63, 3.8) is 0 Å². The molecule has 3 aromatic rings. The fraction of sp³-hybridized carbons (Fsp3) is 0.214. The number of benzene rings is 1. The predicted octanol–water partition coefficient (Wildman–Crippen LogP) is 1.48. The molecule has 0 saturated heterocycles. The van der Waals surface area contributed by atoms with Gasteiger partial charge in [0.25, 0.3) is 5.91 Å². The Kier molecular flexibility index (Phi) is 3.92. The third-order valence-electron chi connectivity index (χ3n) is 3.05. The molecule has 2 aromatic heterocycles. The van der Waals surface area contributed by atoms with Crippen molar-refractivity contribution >= 4 is 34.6 Å². The number of hydrogen-bond donors (Lipinski definition) is 1. The van der Waals surface area contributed by atoms with Gasteiger partial charge in [-0.05, 0) is 24.3 Å². The summed E-state index contributed by atoms with van der Waals surface area (Å²) in [5.74, 6) is 0.446. The van der Waals surface area contributed by atoms with Crippen molar-refractivity contribution in [1.29, 1.82) is 0 Å². The Bertz CT molecular complexity index is 816. The van der Waals surface area contributed by atoms with Crippen molar-refractivity contribution in [3.05, 3.63) is 41.7 Å². The van der Waals surface area contributed by atoms with E-state index in [9.17, 15) is 4.79 Å². The first-order valence-corrected chi connectivity index (χ1v) is 7.36. The average Bonchev–Trinajstić information content (AvgIpc) is 3.00. The minimum atomic E-state index is -0.167. The molecule has 0 spiro atoms. The fourth-order valence-corrected chi connectivity index (χ4v) is 2.41. The van der Waals surface area contributed by atoms with E-state index in [0.717, 1.165) is 28.5 Å². The SMILES string of the molecule is CN(C)c1nccc(CNC(=O)c2ccc3nsnc3c2)n1. The topological polar surface area (TPSA) is 83.9 Å². The second-order valence-electron chi connectivity index (χ2n) is 4.89. The van der Waals surface area contributed by atoms with Crippen LogP contribution in [0.5, 0.6) is 0 Å². The third kappa shape index (κ3) is 3.01. The average molecular weight is 314 g/mol. The highest BCUT2D eigenvalue weighted by Crippen LogP contribution is 2.13. The highest BCUT2D eigenvalue weighted by molar-refractivity contribution is 7.00. The van der Waals surface area contributed by atoms with Crippen molar-refractivity contribution in [2.24, 2.45) is 0 Å². The van der Waals surface area contributed by atoms with Gasteiger partial charge in [-0.25, -0.2) is 9.97 Å². The summed E-state index contributed by atoms with van der Waals surface area (Å²) in [7, 11) is 3.74. The van der Waals surface area contributed by atoms with Gasteiger partial charge in [0.15, 0.2) is 0 Å². The lowest BCUT2D eigenvalue weighted by Gasteiger charge is -2.11. The van der Waals surface area contributed by atoms with Crippen LogP contribution in [0.3, 0.4) is 0 Å². The lowest BCUT2D eigenvalue weighted by atomic mass is 10.2. The van der Waals surface area contributed by atoms with E-state index in [-0.39, 0.29) is 5.91 Å². The largest absolute Gasteiger partial charge is 0.347 e.